The molecule has 1 aromatic heterocycles. The lowest BCUT2D eigenvalue weighted by Crippen LogP contribution is -2.09. The van der Waals surface area contributed by atoms with Crippen LogP contribution in [0.1, 0.15) is 32.7 Å². The van der Waals surface area contributed by atoms with E-state index in [1.54, 1.807) is 36.4 Å². The summed E-state index contributed by atoms with van der Waals surface area (Å²) in [6.45, 7) is 0.0803. The minimum Gasteiger partial charge on any atom is -0.496 e. The molecule has 0 aliphatic rings. The van der Waals surface area contributed by atoms with Gasteiger partial charge in [-0.05, 0) is 41.5 Å². The Balaban J connectivity index is 1.56. The third-order valence-corrected chi connectivity index (χ3v) is 6.44. The highest BCUT2D eigenvalue weighted by molar-refractivity contribution is 5.97. The molecule has 5 rings (SSSR count). The number of carbonyl (C=O) groups is 1. The van der Waals surface area contributed by atoms with Gasteiger partial charge < -0.3 is 14.6 Å². The summed E-state index contributed by atoms with van der Waals surface area (Å²) in [6, 6.07) is 25.0. The van der Waals surface area contributed by atoms with Crippen molar-refractivity contribution >= 4 is 16.9 Å². The molecule has 0 fully saturated rings. The first-order valence-corrected chi connectivity index (χ1v) is 12.3. The molecule has 0 saturated heterocycles. The molecule has 0 saturated carbocycles. The predicted octanol–water partition coefficient (Wildman–Crippen LogP) is 7.19. The van der Waals surface area contributed by atoms with Gasteiger partial charge in [0.15, 0.2) is 0 Å². The van der Waals surface area contributed by atoms with Gasteiger partial charge in [0, 0.05) is 22.9 Å². The topological polar surface area (TPSA) is 81.5 Å². The Hall–Kier alpha value is -4.92. The molecule has 0 amide bonds. The Labute approximate surface area is 227 Å². The summed E-state index contributed by atoms with van der Waals surface area (Å²) in [7, 11) is 1.44. The monoisotopic (exact) mass is 544 g/mol. The second-order valence-corrected chi connectivity index (χ2v) is 9.03. The van der Waals surface area contributed by atoms with E-state index in [1.807, 2.05) is 30.3 Å². The number of halogens is 3. The lowest BCUT2D eigenvalue weighted by molar-refractivity contribution is -0.136. The maximum absolute atomic E-state index is 13.8. The van der Waals surface area contributed by atoms with Gasteiger partial charge in [0.25, 0.3) is 0 Å². The first-order chi connectivity index (χ1) is 19.2. The molecule has 5 aromatic rings. The van der Waals surface area contributed by atoms with Crippen LogP contribution in [0.25, 0.3) is 22.0 Å². The Morgan fingerprint density at radius 2 is 1.68 bits per heavy atom. The average molecular weight is 545 g/mol. The van der Waals surface area contributed by atoms with Gasteiger partial charge in [-0.15, -0.1) is 5.10 Å². The van der Waals surface area contributed by atoms with Crippen LogP contribution < -0.4 is 9.47 Å². The van der Waals surface area contributed by atoms with Gasteiger partial charge in [0.05, 0.1) is 23.9 Å². The van der Waals surface area contributed by atoms with Crippen molar-refractivity contribution in [2.24, 2.45) is 0 Å². The first kappa shape index (κ1) is 26.7. The molecule has 0 atom stereocenters. The molecule has 6 nitrogen and oxygen atoms in total. The number of carboxylic acids is 1. The van der Waals surface area contributed by atoms with E-state index in [4.69, 9.17) is 9.47 Å². The molecule has 4 aromatic carbocycles. The molecular weight excluding hydrogens is 521 g/mol. The molecule has 1 heterocycles. The number of aromatic nitrogens is 2. The van der Waals surface area contributed by atoms with Gasteiger partial charge in [-0.25, -0.2) is 4.79 Å². The van der Waals surface area contributed by atoms with Crippen molar-refractivity contribution in [1.29, 1.82) is 0 Å². The van der Waals surface area contributed by atoms with Gasteiger partial charge in [-0.3, -0.25) is 0 Å². The second-order valence-electron chi connectivity index (χ2n) is 9.03. The lowest BCUT2D eigenvalue weighted by Gasteiger charge is -2.16. The number of hydrogen-bond acceptors (Lipinski definition) is 5. The zero-order chi connectivity index (χ0) is 28.3. The van der Waals surface area contributed by atoms with Crippen LogP contribution in [0.3, 0.4) is 0 Å². The molecule has 1 N–H and O–H groups in total. The molecule has 0 radical (unpaired) electrons. The number of carboxylic acid groups (broad SMARTS) is 1. The van der Waals surface area contributed by atoms with Crippen LogP contribution in [-0.4, -0.2) is 28.4 Å². The molecule has 0 bridgehead atoms. The highest BCUT2D eigenvalue weighted by Crippen LogP contribution is 2.39. The maximum Gasteiger partial charge on any atom is 0.418 e. The molecule has 0 aliphatic carbocycles. The highest BCUT2D eigenvalue weighted by atomic mass is 19.4. The number of alkyl halides is 3. The van der Waals surface area contributed by atoms with Crippen LogP contribution in [0, 0.1) is 0 Å². The number of methoxy groups -OCH3 is 1. The van der Waals surface area contributed by atoms with Gasteiger partial charge in [0.1, 0.15) is 23.6 Å². The number of nitrogens with zero attached hydrogens (tertiary/aromatic N) is 2. The molecular formula is C31H23F3N2O4. The second kappa shape index (κ2) is 11.1. The normalized spacial score (nSPS) is 11.4. The fourth-order valence-electron chi connectivity index (χ4n) is 4.53. The zero-order valence-electron chi connectivity index (χ0n) is 21.3. The van der Waals surface area contributed by atoms with Crippen LogP contribution in [0.15, 0.2) is 91.0 Å². The molecule has 0 unspecified atom stereocenters. The van der Waals surface area contributed by atoms with E-state index in [0.29, 0.717) is 45.7 Å². The van der Waals surface area contributed by atoms with Crippen molar-refractivity contribution in [2.75, 3.05) is 7.11 Å². The SMILES string of the molecule is COc1cc(C(=O)O)ccc1COc1cccc(-c2c(Cc3ccccc3)nnc3c(C(F)(F)F)cccc23)c1. The van der Waals surface area contributed by atoms with Crippen molar-refractivity contribution in [3.63, 3.8) is 0 Å². The summed E-state index contributed by atoms with van der Waals surface area (Å²) in [5.41, 5.74) is 2.27. The number of fused-ring (bicyclic) bond motifs is 1. The molecule has 40 heavy (non-hydrogen) atoms. The molecule has 202 valence electrons. The van der Waals surface area contributed by atoms with E-state index in [2.05, 4.69) is 10.2 Å². The quantitative estimate of drug-likeness (QED) is 0.223. The van der Waals surface area contributed by atoms with Crippen LogP contribution in [-0.2, 0) is 19.2 Å². The minimum absolute atomic E-state index is 0.0803. The fourth-order valence-corrected chi connectivity index (χ4v) is 4.53. The van der Waals surface area contributed by atoms with Crippen molar-refractivity contribution < 1.29 is 32.5 Å². The van der Waals surface area contributed by atoms with Gasteiger partial charge in [-0.2, -0.15) is 18.3 Å². The summed E-state index contributed by atoms with van der Waals surface area (Å²) in [5, 5.41) is 17.8. The molecule has 9 heteroatoms. The first-order valence-electron chi connectivity index (χ1n) is 12.3. The summed E-state index contributed by atoms with van der Waals surface area (Å²) >= 11 is 0. The predicted molar refractivity (Wildman–Crippen MR) is 144 cm³/mol. The van der Waals surface area contributed by atoms with Crippen LogP contribution in [0.2, 0.25) is 0 Å². The van der Waals surface area contributed by atoms with Crippen LogP contribution in [0.5, 0.6) is 11.5 Å². The van der Waals surface area contributed by atoms with E-state index in [9.17, 15) is 23.1 Å². The van der Waals surface area contributed by atoms with Crippen molar-refractivity contribution in [2.45, 2.75) is 19.2 Å². The summed E-state index contributed by atoms with van der Waals surface area (Å²) in [5.74, 6) is -0.244. The summed E-state index contributed by atoms with van der Waals surface area (Å²) in [6.07, 6.45) is -4.22. The summed E-state index contributed by atoms with van der Waals surface area (Å²) in [4.78, 5) is 11.3. The Bertz CT molecular complexity index is 1690. The fraction of sp³-hybridized carbons (Fsp3) is 0.129. The number of benzene rings is 4. The Morgan fingerprint density at radius 3 is 2.40 bits per heavy atom. The number of hydrogen-bond donors (Lipinski definition) is 1. The number of aromatic carboxylic acids is 1. The van der Waals surface area contributed by atoms with Gasteiger partial charge >= 0.3 is 12.1 Å². The van der Waals surface area contributed by atoms with Crippen molar-refractivity contribution in [3.8, 4) is 22.6 Å². The van der Waals surface area contributed by atoms with Crippen molar-refractivity contribution in [3.05, 3.63) is 119 Å². The number of rotatable bonds is 8. The maximum atomic E-state index is 13.8. The number of ether oxygens (including phenoxy) is 2. The minimum atomic E-state index is -4.59. The third kappa shape index (κ3) is 5.58. The zero-order valence-corrected chi connectivity index (χ0v) is 21.3. The average Bonchev–Trinajstić information content (AvgIpc) is 2.95. The van der Waals surface area contributed by atoms with Crippen LogP contribution in [0.4, 0.5) is 13.2 Å². The van der Waals surface area contributed by atoms with Gasteiger partial charge in [0.2, 0.25) is 0 Å². The summed E-state index contributed by atoms with van der Waals surface area (Å²) < 4.78 is 52.8. The smallest absolute Gasteiger partial charge is 0.418 e. The standard InChI is InChI=1S/C31H23F3N2O4/c1-39-27-17-21(30(37)38)13-14-22(27)18-40-23-10-5-9-20(16-23)28-24-11-6-12-25(31(32,33)34)29(24)36-35-26(28)15-19-7-3-2-4-8-19/h2-14,16-17H,15,18H2,1H3,(H,37,38). The van der Waals surface area contributed by atoms with E-state index < -0.39 is 17.7 Å². The van der Waals surface area contributed by atoms with E-state index in [-0.39, 0.29) is 17.7 Å². The molecule has 0 spiro atoms. The largest absolute Gasteiger partial charge is 0.496 e. The third-order valence-electron chi connectivity index (χ3n) is 6.44. The highest BCUT2D eigenvalue weighted by Gasteiger charge is 2.34. The lowest BCUT2D eigenvalue weighted by atomic mass is 9.94. The molecule has 0 aliphatic heterocycles. The van der Waals surface area contributed by atoms with E-state index in [0.717, 1.165) is 11.6 Å². The van der Waals surface area contributed by atoms with Crippen LogP contribution >= 0.6 is 0 Å². The Kier molecular flexibility index (Phi) is 7.37. The van der Waals surface area contributed by atoms with Gasteiger partial charge in [-0.1, -0.05) is 60.7 Å². The van der Waals surface area contributed by atoms with Crippen molar-refractivity contribution in [1.82, 2.24) is 10.2 Å². The Morgan fingerprint density at radius 1 is 0.900 bits per heavy atom. The van der Waals surface area contributed by atoms with E-state index >= 15 is 0 Å². The van der Waals surface area contributed by atoms with E-state index in [1.165, 1.54) is 25.3 Å².